The van der Waals surface area contributed by atoms with Crippen molar-refractivity contribution in [2.75, 3.05) is 0 Å². The molecule has 0 radical (unpaired) electrons. The van der Waals surface area contributed by atoms with Gasteiger partial charge in [0.15, 0.2) is 5.78 Å². The second kappa shape index (κ2) is 4.57. The van der Waals surface area contributed by atoms with E-state index in [4.69, 9.17) is 10.2 Å². The molecule has 0 bridgehead atoms. The highest BCUT2D eigenvalue weighted by Crippen LogP contribution is 2.14. The number of ketones is 1. The number of Topliss-reactive ketones (excluding diaryl/α,β-unsaturated/α-hetero) is 1. The number of rotatable bonds is 4. The summed E-state index contributed by atoms with van der Waals surface area (Å²) in [6.45, 7) is 1.69. The van der Waals surface area contributed by atoms with Crippen LogP contribution in [0.3, 0.4) is 0 Å². The maximum atomic E-state index is 11.4. The molecule has 0 fully saturated rings. The summed E-state index contributed by atoms with van der Waals surface area (Å²) in [7, 11) is 0. The van der Waals surface area contributed by atoms with Crippen LogP contribution in [0.5, 0.6) is 0 Å². The van der Waals surface area contributed by atoms with Gasteiger partial charge in [0.1, 0.15) is 6.42 Å². The third kappa shape index (κ3) is 2.66. The highest BCUT2D eigenvalue weighted by Gasteiger charge is 2.18. The lowest BCUT2D eigenvalue weighted by molar-refractivity contribution is -0.135. The zero-order valence-corrected chi connectivity index (χ0v) is 8.56. The number of aromatic carboxylic acids is 1. The normalized spacial score (nSPS) is 9.81. The van der Waals surface area contributed by atoms with Crippen molar-refractivity contribution in [1.82, 2.24) is 0 Å². The molecule has 0 saturated carbocycles. The number of carboxylic acids is 2. The molecule has 0 amide bonds. The molecule has 0 aliphatic rings. The zero-order valence-electron chi connectivity index (χ0n) is 8.56. The topological polar surface area (TPSA) is 91.7 Å². The van der Waals surface area contributed by atoms with Gasteiger partial charge in [0, 0.05) is 5.56 Å². The summed E-state index contributed by atoms with van der Waals surface area (Å²) in [5.74, 6) is -3.22. The molecule has 5 heteroatoms. The first-order valence-corrected chi connectivity index (χ1v) is 4.50. The number of aryl methyl sites for hydroxylation is 1. The molecule has 0 aliphatic heterocycles. The van der Waals surface area contributed by atoms with Crippen LogP contribution >= 0.6 is 0 Å². The van der Waals surface area contributed by atoms with Crippen LogP contribution in [0.2, 0.25) is 0 Å². The van der Waals surface area contributed by atoms with Crippen LogP contribution in [0.4, 0.5) is 0 Å². The molecule has 84 valence electrons. The van der Waals surface area contributed by atoms with Crippen LogP contribution in [0.15, 0.2) is 18.2 Å². The minimum atomic E-state index is -1.28. The summed E-state index contributed by atoms with van der Waals surface area (Å²) in [5.41, 5.74) is 0.469. The van der Waals surface area contributed by atoms with Gasteiger partial charge < -0.3 is 10.2 Å². The first kappa shape index (κ1) is 11.9. The van der Waals surface area contributed by atoms with E-state index in [1.165, 1.54) is 12.1 Å². The molecular weight excluding hydrogens is 212 g/mol. The minimum absolute atomic E-state index is 0.0690. The molecule has 0 saturated heterocycles. The Hall–Kier alpha value is -2.17. The maximum Gasteiger partial charge on any atom is 0.336 e. The molecule has 1 aromatic rings. The van der Waals surface area contributed by atoms with E-state index in [0.29, 0.717) is 5.56 Å². The summed E-state index contributed by atoms with van der Waals surface area (Å²) in [5, 5.41) is 17.3. The molecule has 0 heterocycles. The number of hydrogen-bond acceptors (Lipinski definition) is 3. The monoisotopic (exact) mass is 222 g/mol. The predicted octanol–water partition coefficient (Wildman–Crippen LogP) is 1.35. The average molecular weight is 222 g/mol. The van der Waals surface area contributed by atoms with Gasteiger partial charge in [-0.3, -0.25) is 9.59 Å². The minimum Gasteiger partial charge on any atom is -0.481 e. The lowest BCUT2D eigenvalue weighted by Gasteiger charge is -2.04. The summed E-state index contributed by atoms with van der Waals surface area (Å²) in [6, 6.07) is 4.25. The van der Waals surface area contributed by atoms with Crippen molar-refractivity contribution in [3.63, 3.8) is 0 Å². The average Bonchev–Trinajstić information content (AvgIpc) is 2.16. The molecule has 0 unspecified atom stereocenters. The zero-order chi connectivity index (χ0) is 12.3. The van der Waals surface area contributed by atoms with E-state index in [1.54, 1.807) is 13.0 Å². The standard InChI is InChI=1S/C11H10O5/c1-6-2-3-7(8(4-6)11(15)16)9(12)5-10(13)14/h2-4H,5H2,1H3,(H,13,14)(H,15,16). The van der Waals surface area contributed by atoms with Crippen molar-refractivity contribution in [3.8, 4) is 0 Å². The Morgan fingerprint density at radius 1 is 1.12 bits per heavy atom. The van der Waals surface area contributed by atoms with Gasteiger partial charge in [0.25, 0.3) is 0 Å². The van der Waals surface area contributed by atoms with Crippen LogP contribution in [-0.4, -0.2) is 27.9 Å². The molecule has 0 spiro atoms. The molecule has 16 heavy (non-hydrogen) atoms. The number of carboxylic acid groups (broad SMARTS) is 2. The fourth-order valence-corrected chi connectivity index (χ4v) is 1.31. The lowest BCUT2D eigenvalue weighted by atomic mass is 9.99. The van der Waals surface area contributed by atoms with Gasteiger partial charge in [-0.2, -0.15) is 0 Å². The van der Waals surface area contributed by atoms with E-state index in [0.717, 1.165) is 0 Å². The van der Waals surface area contributed by atoms with Crippen molar-refractivity contribution in [1.29, 1.82) is 0 Å². The summed E-state index contributed by atoms with van der Waals surface area (Å²) < 4.78 is 0. The highest BCUT2D eigenvalue weighted by molar-refractivity contribution is 6.11. The van der Waals surface area contributed by atoms with E-state index < -0.39 is 24.1 Å². The molecule has 1 aromatic carbocycles. The predicted molar refractivity (Wildman–Crippen MR) is 54.7 cm³/mol. The number of hydrogen-bond donors (Lipinski definition) is 2. The van der Waals surface area contributed by atoms with Gasteiger partial charge >= 0.3 is 11.9 Å². The van der Waals surface area contributed by atoms with Crippen molar-refractivity contribution >= 4 is 17.7 Å². The SMILES string of the molecule is Cc1ccc(C(=O)CC(=O)O)c(C(=O)O)c1. The lowest BCUT2D eigenvalue weighted by Crippen LogP contribution is -2.12. The molecule has 5 nitrogen and oxygen atoms in total. The van der Waals surface area contributed by atoms with Crippen LogP contribution in [0, 0.1) is 6.92 Å². The van der Waals surface area contributed by atoms with E-state index >= 15 is 0 Å². The van der Waals surface area contributed by atoms with Crippen LogP contribution in [0.1, 0.15) is 32.7 Å². The Balaban J connectivity index is 3.17. The van der Waals surface area contributed by atoms with Crippen LogP contribution in [-0.2, 0) is 4.79 Å². The molecular formula is C11H10O5. The molecule has 2 N–H and O–H groups in total. The van der Waals surface area contributed by atoms with Crippen molar-refractivity contribution in [3.05, 3.63) is 34.9 Å². The smallest absolute Gasteiger partial charge is 0.336 e. The van der Waals surface area contributed by atoms with Crippen LogP contribution < -0.4 is 0 Å². The molecule has 0 aliphatic carbocycles. The Morgan fingerprint density at radius 3 is 2.25 bits per heavy atom. The number of carbonyl (C=O) groups excluding carboxylic acids is 1. The van der Waals surface area contributed by atoms with Gasteiger partial charge in [-0.25, -0.2) is 4.79 Å². The Labute approximate surface area is 91.3 Å². The molecule has 0 aromatic heterocycles. The van der Waals surface area contributed by atoms with Crippen molar-refractivity contribution in [2.24, 2.45) is 0 Å². The van der Waals surface area contributed by atoms with Crippen LogP contribution in [0.25, 0.3) is 0 Å². The number of benzene rings is 1. The number of aliphatic carboxylic acids is 1. The van der Waals surface area contributed by atoms with E-state index in [-0.39, 0.29) is 11.1 Å². The second-order valence-electron chi connectivity index (χ2n) is 3.35. The molecule has 0 atom stereocenters. The summed E-state index contributed by atoms with van der Waals surface area (Å²) in [6.07, 6.45) is -0.705. The molecule has 1 rings (SSSR count). The highest BCUT2D eigenvalue weighted by atomic mass is 16.4. The van der Waals surface area contributed by atoms with Gasteiger partial charge in [0.05, 0.1) is 5.56 Å². The van der Waals surface area contributed by atoms with E-state index in [1.807, 2.05) is 0 Å². The van der Waals surface area contributed by atoms with Gasteiger partial charge in [-0.15, -0.1) is 0 Å². The fourth-order valence-electron chi connectivity index (χ4n) is 1.31. The first-order valence-electron chi connectivity index (χ1n) is 4.50. The number of carbonyl (C=O) groups is 3. The van der Waals surface area contributed by atoms with Gasteiger partial charge in [-0.05, 0) is 13.0 Å². The second-order valence-corrected chi connectivity index (χ2v) is 3.35. The summed E-state index contributed by atoms with van der Waals surface area (Å²) in [4.78, 5) is 32.7. The van der Waals surface area contributed by atoms with E-state index in [9.17, 15) is 14.4 Å². The van der Waals surface area contributed by atoms with E-state index in [2.05, 4.69) is 0 Å². The quantitative estimate of drug-likeness (QED) is 0.592. The Morgan fingerprint density at radius 2 is 1.75 bits per heavy atom. The van der Waals surface area contributed by atoms with Crippen molar-refractivity contribution < 1.29 is 24.6 Å². The Bertz CT molecular complexity index is 461. The van der Waals surface area contributed by atoms with Crippen molar-refractivity contribution in [2.45, 2.75) is 13.3 Å². The Kier molecular flexibility index (Phi) is 3.40. The van der Waals surface area contributed by atoms with Gasteiger partial charge in [-0.1, -0.05) is 17.7 Å². The largest absolute Gasteiger partial charge is 0.481 e. The third-order valence-electron chi connectivity index (χ3n) is 2.02. The first-order chi connectivity index (χ1) is 7.41. The maximum absolute atomic E-state index is 11.4. The fraction of sp³-hybridized carbons (Fsp3) is 0.182. The summed E-state index contributed by atoms with van der Waals surface area (Å²) >= 11 is 0. The van der Waals surface area contributed by atoms with Gasteiger partial charge in [0.2, 0.25) is 0 Å². The third-order valence-corrected chi connectivity index (χ3v) is 2.02.